The molecule has 1 aliphatic rings. The van der Waals surface area contributed by atoms with Gasteiger partial charge in [0.2, 0.25) is 0 Å². The third kappa shape index (κ3) is 2.19. The summed E-state index contributed by atoms with van der Waals surface area (Å²) < 4.78 is 0. The fourth-order valence-electron chi connectivity index (χ4n) is 3.71. The van der Waals surface area contributed by atoms with Crippen molar-refractivity contribution in [3.05, 3.63) is 58.7 Å². The average molecular weight is 294 g/mol. The van der Waals surface area contributed by atoms with E-state index in [4.69, 9.17) is 0 Å². The molecule has 1 nitrogen and oxygen atoms in total. The first-order chi connectivity index (χ1) is 10.1. The Morgan fingerprint density at radius 1 is 0.773 bits per heavy atom. The van der Waals surface area contributed by atoms with Gasteiger partial charge in [-0.15, -0.1) is 0 Å². The van der Waals surface area contributed by atoms with Gasteiger partial charge in [0, 0.05) is 0 Å². The Bertz CT molecular complexity index is 727. The second-order valence-corrected chi connectivity index (χ2v) is 8.44. The lowest BCUT2D eigenvalue weighted by atomic mass is 9.72. The van der Waals surface area contributed by atoms with Crippen LogP contribution in [0.4, 0.5) is 0 Å². The molecule has 0 radical (unpaired) electrons. The summed E-state index contributed by atoms with van der Waals surface area (Å²) in [5.41, 5.74) is 7.22. The molecule has 1 atom stereocenters. The zero-order valence-electron chi connectivity index (χ0n) is 14.5. The van der Waals surface area contributed by atoms with E-state index in [1.165, 1.54) is 22.3 Å². The van der Waals surface area contributed by atoms with Gasteiger partial charge < -0.3 is 5.11 Å². The van der Waals surface area contributed by atoms with E-state index < -0.39 is 6.10 Å². The largest absolute Gasteiger partial charge is 0.384 e. The number of aliphatic hydroxyl groups is 1. The standard InChI is InChI=1S/C21H26O/c1-20(2,3)16-12-11-14-13-9-7-8-10-15(13)19(22)17(14)18(16)21(4,5)6/h7-12,19,22H,1-6H3. The van der Waals surface area contributed by atoms with Crippen molar-refractivity contribution in [1.29, 1.82) is 0 Å². The van der Waals surface area contributed by atoms with Crippen LogP contribution in [0.25, 0.3) is 11.1 Å². The van der Waals surface area contributed by atoms with Crippen molar-refractivity contribution in [3.8, 4) is 11.1 Å². The van der Waals surface area contributed by atoms with Crippen LogP contribution in [0, 0.1) is 0 Å². The predicted octanol–water partition coefficient (Wildman–Crippen LogP) is 5.34. The van der Waals surface area contributed by atoms with E-state index in [2.05, 4.69) is 65.8 Å². The zero-order valence-corrected chi connectivity index (χ0v) is 14.5. The Balaban J connectivity index is 2.38. The highest BCUT2D eigenvalue weighted by Crippen LogP contribution is 2.50. The van der Waals surface area contributed by atoms with E-state index in [9.17, 15) is 5.11 Å². The van der Waals surface area contributed by atoms with Crippen LogP contribution < -0.4 is 0 Å². The van der Waals surface area contributed by atoms with Crippen molar-refractivity contribution in [3.63, 3.8) is 0 Å². The summed E-state index contributed by atoms with van der Waals surface area (Å²) in [6.07, 6.45) is -0.511. The number of hydrogen-bond acceptors (Lipinski definition) is 1. The summed E-state index contributed by atoms with van der Waals surface area (Å²) in [5, 5.41) is 11.0. The molecule has 0 saturated carbocycles. The number of benzene rings is 2. The van der Waals surface area contributed by atoms with Crippen LogP contribution in [0.2, 0.25) is 0 Å². The summed E-state index contributed by atoms with van der Waals surface area (Å²) in [4.78, 5) is 0. The van der Waals surface area contributed by atoms with Crippen LogP contribution in [-0.2, 0) is 10.8 Å². The molecule has 0 heterocycles. The minimum Gasteiger partial charge on any atom is -0.384 e. The molecule has 3 rings (SSSR count). The zero-order chi connectivity index (χ0) is 16.3. The predicted molar refractivity (Wildman–Crippen MR) is 93.3 cm³/mol. The van der Waals surface area contributed by atoms with E-state index in [1.54, 1.807) is 0 Å². The highest BCUT2D eigenvalue weighted by molar-refractivity contribution is 5.80. The molecule has 2 aromatic rings. The van der Waals surface area contributed by atoms with Crippen molar-refractivity contribution < 1.29 is 5.11 Å². The molecule has 0 aromatic heterocycles. The SMILES string of the molecule is CC(C)(C)c1ccc2c(c1C(C)(C)C)C(O)c1ccccc1-2. The van der Waals surface area contributed by atoms with Gasteiger partial charge in [0.25, 0.3) is 0 Å². The molecule has 22 heavy (non-hydrogen) atoms. The molecule has 0 aliphatic heterocycles. The van der Waals surface area contributed by atoms with Gasteiger partial charge in [0.05, 0.1) is 0 Å². The van der Waals surface area contributed by atoms with Crippen molar-refractivity contribution in [2.75, 3.05) is 0 Å². The van der Waals surface area contributed by atoms with Gasteiger partial charge in [0.15, 0.2) is 0 Å². The molecule has 1 heteroatoms. The molecule has 1 N–H and O–H groups in total. The van der Waals surface area contributed by atoms with Gasteiger partial charge in [-0.05, 0) is 44.2 Å². The quantitative estimate of drug-likeness (QED) is 0.695. The minimum absolute atomic E-state index is 0.00300. The van der Waals surface area contributed by atoms with Crippen LogP contribution in [0.5, 0.6) is 0 Å². The summed E-state index contributed by atoms with van der Waals surface area (Å²) in [6.45, 7) is 13.5. The number of hydrogen-bond donors (Lipinski definition) is 1. The Hall–Kier alpha value is -1.60. The van der Waals surface area contributed by atoms with Crippen molar-refractivity contribution in [2.24, 2.45) is 0 Å². The second kappa shape index (κ2) is 4.70. The Morgan fingerprint density at radius 3 is 2.00 bits per heavy atom. The molecule has 0 fully saturated rings. The van der Waals surface area contributed by atoms with E-state index in [-0.39, 0.29) is 10.8 Å². The van der Waals surface area contributed by atoms with Gasteiger partial charge in [-0.1, -0.05) is 77.9 Å². The molecule has 0 saturated heterocycles. The van der Waals surface area contributed by atoms with Gasteiger partial charge in [-0.25, -0.2) is 0 Å². The highest BCUT2D eigenvalue weighted by atomic mass is 16.3. The number of rotatable bonds is 0. The summed E-state index contributed by atoms with van der Waals surface area (Å²) in [6, 6.07) is 12.7. The fourth-order valence-corrected chi connectivity index (χ4v) is 3.71. The van der Waals surface area contributed by atoms with Gasteiger partial charge in [-0.2, -0.15) is 0 Å². The lowest BCUT2D eigenvalue weighted by molar-refractivity contribution is 0.222. The fraction of sp³-hybridized carbons (Fsp3) is 0.429. The number of fused-ring (bicyclic) bond motifs is 3. The molecule has 116 valence electrons. The third-order valence-electron chi connectivity index (χ3n) is 4.62. The maximum atomic E-state index is 11.0. The molecule has 0 spiro atoms. The maximum absolute atomic E-state index is 11.0. The second-order valence-electron chi connectivity index (χ2n) is 8.44. The van der Waals surface area contributed by atoms with E-state index in [0.29, 0.717) is 0 Å². The summed E-state index contributed by atoms with van der Waals surface area (Å²) >= 11 is 0. The van der Waals surface area contributed by atoms with Gasteiger partial charge in [0.1, 0.15) is 6.10 Å². The van der Waals surface area contributed by atoms with Crippen LogP contribution in [-0.4, -0.2) is 5.11 Å². The molecule has 2 aromatic carbocycles. The van der Waals surface area contributed by atoms with Crippen LogP contribution in [0.1, 0.15) is 69.9 Å². The maximum Gasteiger partial charge on any atom is 0.106 e. The first kappa shape index (κ1) is 15.3. The molecule has 0 amide bonds. The summed E-state index contributed by atoms with van der Waals surface area (Å²) in [7, 11) is 0. The Morgan fingerprint density at radius 2 is 1.41 bits per heavy atom. The molecular weight excluding hydrogens is 268 g/mol. The topological polar surface area (TPSA) is 20.2 Å². The van der Waals surface area contributed by atoms with Gasteiger partial charge >= 0.3 is 0 Å². The molecule has 0 bridgehead atoms. The highest BCUT2D eigenvalue weighted by Gasteiger charge is 2.36. The average Bonchev–Trinajstić information content (AvgIpc) is 2.70. The van der Waals surface area contributed by atoms with Crippen LogP contribution >= 0.6 is 0 Å². The lowest BCUT2D eigenvalue weighted by Gasteiger charge is -2.33. The van der Waals surface area contributed by atoms with Crippen molar-refractivity contribution in [1.82, 2.24) is 0 Å². The Kier molecular flexibility index (Phi) is 3.27. The van der Waals surface area contributed by atoms with E-state index in [0.717, 1.165) is 11.1 Å². The lowest BCUT2D eigenvalue weighted by Crippen LogP contribution is -2.24. The molecule has 1 unspecified atom stereocenters. The monoisotopic (exact) mass is 294 g/mol. The Labute approximate surface area is 134 Å². The first-order valence-electron chi connectivity index (χ1n) is 8.07. The first-order valence-corrected chi connectivity index (χ1v) is 8.07. The van der Waals surface area contributed by atoms with Crippen molar-refractivity contribution >= 4 is 0 Å². The van der Waals surface area contributed by atoms with Gasteiger partial charge in [-0.3, -0.25) is 0 Å². The third-order valence-corrected chi connectivity index (χ3v) is 4.62. The molecule has 1 aliphatic carbocycles. The van der Waals surface area contributed by atoms with E-state index >= 15 is 0 Å². The van der Waals surface area contributed by atoms with E-state index in [1.807, 2.05) is 12.1 Å². The summed E-state index contributed by atoms with van der Waals surface area (Å²) in [5.74, 6) is 0. The molecular formula is C21H26O. The van der Waals surface area contributed by atoms with Crippen molar-refractivity contribution in [2.45, 2.75) is 58.5 Å². The van der Waals surface area contributed by atoms with Crippen LogP contribution in [0.3, 0.4) is 0 Å². The smallest absolute Gasteiger partial charge is 0.106 e. The normalized spacial score (nSPS) is 17.3. The number of aliphatic hydroxyl groups excluding tert-OH is 1. The minimum atomic E-state index is -0.511. The van der Waals surface area contributed by atoms with Crippen LogP contribution in [0.15, 0.2) is 36.4 Å².